The van der Waals surface area contributed by atoms with Gasteiger partial charge in [-0.3, -0.25) is 0 Å². The predicted octanol–water partition coefficient (Wildman–Crippen LogP) is 3.07. The van der Waals surface area contributed by atoms with Gasteiger partial charge in [-0.15, -0.1) is 4.98 Å². The van der Waals surface area contributed by atoms with Crippen molar-refractivity contribution < 1.29 is 8.42 Å². The third-order valence-corrected chi connectivity index (χ3v) is 5.01. The first-order valence-electron chi connectivity index (χ1n) is 5.84. The van der Waals surface area contributed by atoms with Crippen molar-refractivity contribution in [2.24, 2.45) is 0 Å². The molecule has 2 heterocycles. The van der Waals surface area contributed by atoms with E-state index in [1.807, 2.05) is 6.92 Å². The molecular weight excluding hydrogens is 333 g/mol. The SMILES string of the molecule is Cc1ccc(S(=O)(=O)N2[C+]=Cc3c(Cl)nc(Cl)nc32)cc1. The predicted molar refractivity (Wildman–Crippen MR) is 80.6 cm³/mol. The molecule has 1 aliphatic heterocycles. The maximum Gasteiger partial charge on any atom is 0.318 e. The summed E-state index contributed by atoms with van der Waals surface area (Å²) >= 11 is 11.7. The Labute approximate surface area is 131 Å². The van der Waals surface area contributed by atoms with E-state index in [4.69, 9.17) is 23.2 Å². The van der Waals surface area contributed by atoms with Crippen LogP contribution in [-0.4, -0.2) is 18.4 Å². The van der Waals surface area contributed by atoms with Crippen LogP contribution in [0.15, 0.2) is 29.2 Å². The molecule has 0 unspecified atom stereocenters. The second-order valence-corrected chi connectivity index (χ2v) is 6.86. The molecule has 106 valence electrons. The van der Waals surface area contributed by atoms with Gasteiger partial charge in [-0.25, -0.2) is 0 Å². The zero-order valence-electron chi connectivity index (χ0n) is 10.7. The summed E-state index contributed by atoms with van der Waals surface area (Å²) < 4.78 is 26.2. The number of hydrogen-bond donors (Lipinski definition) is 0. The van der Waals surface area contributed by atoms with Crippen LogP contribution >= 0.6 is 23.2 Å². The molecular formula is C13H8Cl2N3O2S+. The van der Waals surface area contributed by atoms with E-state index in [0.29, 0.717) is 5.56 Å². The molecule has 0 amide bonds. The van der Waals surface area contributed by atoms with Crippen molar-refractivity contribution in [2.75, 3.05) is 4.31 Å². The van der Waals surface area contributed by atoms with E-state index in [1.54, 1.807) is 12.1 Å². The van der Waals surface area contributed by atoms with E-state index in [-0.39, 0.29) is 21.2 Å². The second-order valence-electron chi connectivity index (χ2n) is 4.38. The summed E-state index contributed by atoms with van der Waals surface area (Å²) in [7, 11) is -3.82. The van der Waals surface area contributed by atoms with Crippen LogP contribution in [0.3, 0.4) is 0 Å². The maximum atomic E-state index is 12.6. The summed E-state index contributed by atoms with van der Waals surface area (Å²) in [5.41, 5.74) is 1.33. The van der Waals surface area contributed by atoms with Crippen LogP contribution in [0.4, 0.5) is 5.82 Å². The lowest BCUT2D eigenvalue weighted by atomic mass is 10.2. The molecule has 5 nitrogen and oxygen atoms in total. The smallest absolute Gasteiger partial charge is 0.198 e. The van der Waals surface area contributed by atoms with Crippen LogP contribution in [0.5, 0.6) is 0 Å². The number of rotatable bonds is 2. The minimum absolute atomic E-state index is 0.0825. The number of hydrogen-bond acceptors (Lipinski definition) is 4. The van der Waals surface area contributed by atoms with E-state index < -0.39 is 10.0 Å². The molecule has 8 heteroatoms. The first kappa shape index (κ1) is 14.2. The zero-order valence-corrected chi connectivity index (χ0v) is 13.0. The van der Waals surface area contributed by atoms with Gasteiger partial charge in [0, 0.05) is 0 Å². The standard InChI is InChI=1S/C13H8Cl2N3O2S/c1-8-2-4-9(5-3-8)21(19,20)18-7-6-10-11(14)16-13(15)17-12(10)18/h2-6H,1H3/q+1. The van der Waals surface area contributed by atoms with Gasteiger partial charge in [0.25, 0.3) is 10.0 Å². The van der Waals surface area contributed by atoms with Gasteiger partial charge >= 0.3 is 5.82 Å². The Balaban J connectivity index is 2.12. The first-order chi connectivity index (χ1) is 9.89. The topological polar surface area (TPSA) is 63.2 Å². The van der Waals surface area contributed by atoms with Crippen molar-refractivity contribution in [2.45, 2.75) is 11.8 Å². The van der Waals surface area contributed by atoms with Gasteiger partial charge in [0.05, 0.1) is 4.90 Å². The van der Waals surface area contributed by atoms with Crippen LogP contribution in [0, 0.1) is 13.1 Å². The van der Waals surface area contributed by atoms with Crippen molar-refractivity contribution in [3.05, 3.63) is 52.0 Å². The molecule has 0 fully saturated rings. The molecule has 0 atom stereocenters. The van der Waals surface area contributed by atoms with Gasteiger partial charge < -0.3 is 0 Å². The van der Waals surface area contributed by atoms with Crippen LogP contribution in [0.1, 0.15) is 11.1 Å². The quantitative estimate of drug-likeness (QED) is 0.478. The molecule has 0 N–H and O–H groups in total. The number of nitrogens with zero attached hydrogens (tertiary/aromatic N) is 3. The Morgan fingerprint density at radius 1 is 1.14 bits per heavy atom. The number of aryl methyl sites for hydroxylation is 1. The van der Waals surface area contributed by atoms with Gasteiger partial charge in [0.15, 0.2) is 12.3 Å². The highest BCUT2D eigenvalue weighted by atomic mass is 35.5. The lowest BCUT2D eigenvalue weighted by molar-refractivity contribution is 0.595. The van der Waals surface area contributed by atoms with E-state index in [9.17, 15) is 8.42 Å². The van der Waals surface area contributed by atoms with Crippen LogP contribution in [0.2, 0.25) is 10.4 Å². The number of benzene rings is 1. The third-order valence-electron chi connectivity index (χ3n) is 2.93. The molecule has 0 aliphatic carbocycles. The van der Waals surface area contributed by atoms with Crippen molar-refractivity contribution in [1.29, 1.82) is 0 Å². The Morgan fingerprint density at radius 2 is 1.81 bits per heavy atom. The van der Waals surface area contributed by atoms with Crippen molar-refractivity contribution >= 4 is 45.1 Å². The zero-order chi connectivity index (χ0) is 15.2. The lowest BCUT2D eigenvalue weighted by Gasteiger charge is -2.08. The Hall–Kier alpha value is -1.72. The monoisotopic (exact) mass is 340 g/mol. The molecule has 3 rings (SSSR count). The molecule has 1 aromatic heterocycles. The number of anilines is 1. The molecule has 1 aliphatic rings. The van der Waals surface area contributed by atoms with Crippen molar-refractivity contribution in [1.82, 2.24) is 9.97 Å². The highest BCUT2D eigenvalue weighted by Crippen LogP contribution is 2.35. The highest BCUT2D eigenvalue weighted by molar-refractivity contribution is 7.93. The molecule has 0 saturated carbocycles. The van der Waals surface area contributed by atoms with Gasteiger partial charge in [-0.2, -0.15) is 13.4 Å². The number of fused-ring (bicyclic) bond motifs is 1. The van der Waals surface area contributed by atoms with E-state index in [0.717, 1.165) is 9.87 Å². The summed E-state index contributed by atoms with van der Waals surface area (Å²) in [4.78, 5) is 7.83. The third kappa shape index (κ3) is 2.36. The average Bonchev–Trinajstić information content (AvgIpc) is 2.83. The number of sulfonamides is 1. The minimum Gasteiger partial charge on any atom is -0.198 e. The minimum atomic E-state index is -3.82. The normalized spacial score (nSPS) is 13.2. The fourth-order valence-corrected chi connectivity index (χ4v) is 3.54. The summed E-state index contributed by atoms with van der Waals surface area (Å²) in [6.45, 7) is 1.88. The van der Waals surface area contributed by atoms with Crippen molar-refractivity contribution in [3.63, 3.8) is 0 Å². The van der Waals surface area contributed by atoms with Crippen LogP contribution in [-0.2, 0) is 10.0 Å². The lowest BCUT2D eigenvalue weighted by Crippen LogP contribution is -2.25. The average molecular weight is 341 g/mol. The number of halogens is 2. The van der Waals surface area contributed by atoms with E-state index >= 15 is 0 Å². The molecule has 21 heavy (non-hydrogen) atoms. The summed E-state index contributed by atoms with van der Waals surface area (Å²) in [5, 5.41) is -0.0425. The molecule has 0 spiro atoms. The fourth-order valence-electron chi connectivity index (χ4n) is 1.87. The summed E-state index contributed by atoms with van der Waals surface area (Å²) in [6.07, 6.45) is 4.03. The van der Waals surface area contributed by atoms with Crippen molar-refractivity contribution in [3.8, 4) is 0 Å². The van der Waals surface area contributed by atoms with E-state index in [2.05, 4.69) is 16.2 Å². The first-order valence-corrected chi connectivity index (χ1v) is 8.03. The Bertz CT molecular complexity index is 848. The molecule has 1 aromatic carbocycles. The summed E-state index contributed by atoms with van der Waals surface area (Å²) in [5.74, 6) is 0.0978. The highest BCUT2D eigenvalue weighted by Gasteiger charge is 2.41. The molecule has 0 radical (unpaired) electrons. The Kier molecular flexibility index (Phi) is 3.34. The maximum absolute atomic E-state index is 12.6. The fraction of sp³-hybridized carbons (Fsp3) is 0.0769. The Morgan fingerprint density at radius 3 is 2.48 bits per heavy atom. The van der Waals surface area contributed by atoms with Gasteiger partial charge in [-0.05, 0) is 46.6 Å². The molecule has 2 aromatic rings. The molecule has 0 bridgehead atoms. The largest absolute Gasteiger partial charge is 0.318 e. The van der Waals surface area contributed by atoms with E-state index in [1.165, 1.54) is 18.2 Å². The van der Waals surface area contributed by atoms with Crippen LogP contribution < -0.4 is 4.31 Å². The van der Waals surface area contributed by atoms with Gasteiger partial charge in [-0.1, -0.05) is 17.7 Å². The van der Waals surface area contributed by atoms with Gasteiger partial charge in [0.2, 0.25) is 16.0 Å². The van der Waals surface area contributed by atoms with Crippen LogP contribution in [0.25, 0.3) is 6.08 Å². The molecule has 0 saturated heterocycles. The second kappa shape index (κ2) is 4.93. The summed E-state index contributed by atoms with van der Waals surface area (Å²) in [6, 6.07) is 6.48. The number of aromatic nitrogens is 2. The van der Waals surface area contributed by atoms with Gasteiger partial charge in [0.1, 0.15) is 0 Å².